The topological polar surface area (TPSA) is 72.2 Å². The fourth-order valence-corrected chi connectivity index (χ4v) is 3.10. The number of methoxy groups -OCH3 is 1. The number of carbonyl (C=O) groups is 1. The van der Waals surface area contributed by atoms with E-state index in [1.165, 1.54) is 31.0 Å². The van der Waals surface area contributed by atoms with E-state index in [0.29, 0.717) is 21.9 Å². The molecule has 6 heteroatoms. The molecule has 0 N–H and O–H groups in total. The molecule has 26 heavy (non-hydrogen) atoms. The van der Waals surface area contributed by atoms with Gasteiger partial charge in [0.2, 0.25) is 0 Å². The first-order chi connectivity index (χ1) is 12.7. The summed E-state index contributed by atoms with van der Waals surface area (Å²) in [4.78, 5) is 17.9. The van der Waals surface area contributed by atoms with Crippen LogP contribution >= 0.6 is 11.8 Å². The van der Waals surface area contributed by atoms with Gasteiger partial charge >= 0.3 is 5.97 Å². The third-order valence-corrected chi connectivity index (χ3v) is 4.47. The predicted octanol–water partition coefficient (Wildman–Crippen LogP) is 4.33. The fourth-order valence-electron chi connectivity index (χ4n) is 2.20. The normalized spacial score (nSPS) is 10.0. The molecular weight excluding hydrogens is 348 g/mol. The Hall–Kier alpha value is -3.30. The van der Waals surface area contributed by atoms with Gasteiger partial charge in [-0.2, -0.15) is 5.26 Å². The maximum atomic E-state index is 12.7. The summed E-state index contributed by atoms with van der Waals surface area (Å²) in [6.45, 7) is 0. The molecule has 3 rings (SSSR count). The van der Waals surface area contributed by atoms with E-state index in [2.05, 4.69) is 4.98 Å². The van der Waals surface area contributed by atoms with Gasteiger partial charge in [-0.1, -0.05) is 30.0 Å². The van der Waals surface area contributed by atoms with Crippen molar-refractivity contribution in [3.05, 3.63) is 78.0 Å². The zero-order chi connectivity index (χ0) is 18.4. The third-order valence-electron chi connectivity index (χ3n) is 3.44. The molecule has 0 saturated carbocycles. The number of hydrogen-bond donors (Lipinski definition) is 0. The van der Waals surface area contributed by atoms with Gasteiger partial charge in [-0.15, -0.1) is 0 Å². The zero-order valence-electron chi connectivity index (χ0n) is 13.9. The Kier molecular flexibility index (Phi) is 5.52. The lowest BCUT2D eigenvalue weighted by Gasteiger charge is -2.11. The lowest BCUT2D eigenvalue weighted by atomic mass is 10.2. The first-order valence-electron chi connectivity index (χ1n) is 7.69. The minimum absolute atomic E-state index is 0.246. The molecule has 0 aliphatic heterocycles. The average molecular weight is 362 g/mol. The monoisotopic (exact) mass is 362 g/mol. The van der Waals surface area contributed by atoms with Gasteiger partial charge in [0.25, 0.3) is 0 Å². The van der Waals surface area contributed by atoms with Crippen LogP contribution in [0.5, 0.6) is 11.5 Å². The van der Waals surface area contributed by atoms with Crippen molar-refractivity contribution >= 4 is 17.7 Å². The number of benzene rings is 2. The minimum atomic E-state index is -0.542. The van der Waals surface area contributed by atoms with Gasteiger partial charge in [-0.05, 0) is 36.4 Å². The largest absolute Gasteiger partial charge is 0.493 e. The number of esters is 1. The first-order valence-corrected chi connectivity index (χ1v) is 8.51. The van der Waals surface area contributed by atoms with Crippen LogP contribution in [0, 0.1) is 11.3 Å². The Bertz CT molecular complexity index is 968. The minimum Gasteiger partial charge on any atom is -0.493 e. The molecule has 0 saturated heterocycles. The number of pyridine rings is 1. The summed E-state index contributed by atoms with van der Waals surface area (Å²) in [5.74, 6) is 0.0223. The van der Waals surface area contributed by atoms with Crippen LogP contribution in [0.25, 0.3) is 0 Å². The first kappa shape index (κ1) is 17.5. The highest BCUT2D eigenvalue weighted by Gasteiger charge is 2.18. The van der Waals surface area contributed by atoms with Gasteiger partial charge in [0.05, 0.1) is 24.3 Å². The number of aromatic nitrogens is 1. The van der Waals surface area contributed by atoms with Gasteiger partial charge in [0.1, 0.15) is 5.03 Å². The molecule has 128 valence electrons. The van der Waals surface area contributed by atoms with Crippen molar-refractivity contribution in [2.75, 3.05) is 7.11 Å². The van der Waals surface area contributed by atoms with Gasteiger partial charge in [-0.3, -0.25) is 0 Å². The van der Waals surface area contributed by atoms with Crippen LogP contribution in [0.2, 0.25) is 0 Å². The van der Waals surface area contributed by atoms with Gasteiger partial charge in [0.15, 0.2) is 11.5 Å². The highest BCUT2D eigenvalue weighted by molar-refractivity contribution is 7.99. The summed E-state index contributed by atoms with van der Waals surface area (Å²) >= 11 is 1.38. The SMILES string of the molecule is COc1cc(C#N)ccc1OC(=O)c1cccnc1Sc1ccccc1. The van der Waals surface area contributed by atoms with E-state index in [0.717, 1.165) is 4.90 Å². The van der Waals surface area contributed by atoms with Gasteiger partial charge < -0.3 is 9.47 Å². The van der Waals surface area contributed by atoms with Crippen molar-refractivity contribution in [1.29, 1.82) is 5.26 Å². The molecule has 0 atom stereocenters. The highest BCUT2D eigenvalue weighted by atomic mass is 32.2. The standard InChI is InChI=1S/C20H14N2O3S/c1-24-18-12-14(13-21)9-10-17(18)25-20(23)16-8-5-11-22-19(16)26-15-6-3-2-4-7-15/h2-12H,1H3. The Morgan fingerprint density at radius 1 is 1.08 bits per heavy atom. The van der Waals surface area contributed by atoms with Crippen molar-refractivity contribution < 1.29 is 14.3 Å². The number of nitriles is 1. The Balaban J connectivity index is 1.86. The Morgan fingerprint density at radius 2 is 1.88 bits per heavy atom. The van der Waals surface area contributed by atoms with Gasteiger partial charge in [0, 0.05) is 17.2 Å². The van der Waals surface area contributed by atoms with Crippen molar-refractivity contribution in [2.24, 2.45) is 0 Å². The van der Waals surface area contributed by atoms with Crippen LogP contribution in [0.4, 0.5) is 0 Å². The zero-order valence-corrected chi connectivity index (χ0v) is 14.7. The molecule has 0 fully saturated rings. The highest BCUT2D eigenvalue weighted by Crippen LogP contribution is 2.31. The fraction of sp³-hybridized carbons (Fsp3) is 0.0500. The van der Waals surface area contributed by atoms with Crippen molar-refractivity contribution in [3.63, 3.8) is 0 Å². The molecular formula is C20H14N2O3S. The maximum absolute atomic E-state index is 12.7. The van der Waals surface area contributed by atoms with E-state index in [9.17, 15) is 4.79 Å². The second kappa shape index (κ2) is 8.19. The lowest BCUT2D eigenvalue weighted by molar-refractivity contribution is 0.0725. The molecule has 0 spiro atoms. The Labute approximate surface area is 155 Å². The third kappa shape index (κ3) is 4.02. The van der Waals surface area contributed by atoms with Gasteiger partial charge in [-0.25, -0.2) is 9.78 Å². The predicted molar refractivity (Wildman–Crippen MR) is 97.5 cm³/mol. The van der Waals surface area contributed by atoms with E-state index >= 15 is 0 Å². The van der Waals surface area contributed by atoms with Crippen LogP contribution in [0.1, 0.15) is 15.9 Å². The number of rotatable bonds is 5. The van der Waals surface area contributed by atoms with E-state index in [4.69, 9.17) is 14.7 Å². The number of hydrogen-bond acceptors (Lipinski definition) is 6. The van der Waals surface area contributed by atoms with Crippen LogP contribution in [-0.4, -0.2) is 18.1 Å². The van der Waals surface area contributed by atoms with Crippen LogP contribution in [0.3, 0.4) is 0 Å². The van der Waals surface area contributed by atoms with E-state index in [1.807, 2.05) is 36.4 Å². The molecule has 0 bridgehead atoms. The quantitative estimate of drug-likeness (QED) is 0.497. The summed E-state index contributed by atoms with van der Waals surface area (Å²) in [5, 5.41) is 9.51. The second-order valence-corrected chi connectivity index (χ2v) is 6.20. The molecule has 2 aromatic carbocycles. The molecule has 0 aliphatic rings. The molecule has 5 nitrogen and oxygen atoms in total. The lowest BCUT2D eigenvalue weighted by Crippen LogP contribution is -2.11. The second-order valence-electron chi connectivity index (χ2n) is 5.14. The smallest absolute Gasteiger partial charge is 0.346 e. The van der Waals surface area contributed by atoms with Crippen LogP contribution < -0.4 is 9.47 Å². The summed E-state index contributed by atoms with van der Waals surface area (Å²) < 4.78 is 10.7. The van der Waals surface area contributed by atoms with E-state index in [1.54, 1.807) is 24.4 Å². The van der Waals surface area contributed by atoms with E-state index < -0.39 is 5.97 Å². The average Bonchev–Trinajstić information content (AvgIpc) is 2.69. The van der Waals surface area contributed by atoms with Crippen molar-refractivity contribution in [3.8, 4) is 17.6 Å². The molecule has 0 unspecified atom stereocenters. The molecule has 0 radical (unpaired) electrons. The summed E-state index contributed by atoms with van der Waals surface area (Å²) in [7, 11) is 1.45. The Morgan fingerprint density at radius 3 is 2.62 bits per heavy atom. The molecule has 0 aliphatic carbocycles. The summed E-state index contributed by atoms with van der Waals surface area (Å²) in [5.41, 5.74) is 0.774. The molecule has 0 amide bonds. The number of ether oxygens (including phenoxy) is 2. The summed E-state index contributed by atoms with van der Waals surface area (Å²) in [6.07, 6.45) is 1.63. The maximum Gasteiger partial charge on any atom is 0.346 e. The molecule has 1 heterocycles. The number of nitrogens with zero attached hydrogens (tertiary/aromatic N) is 2. The van der Waals surface area contributed by atoms with Crippen LogP contribution in [0.15, 0.2) is 76.8 Å². The van der Waals surface area contributed by atoms with Crippen LogP contribution in [-0.2, 0) is 0 Å². The molecule has 1 aromatic heterocycles. The van der Waals surface area contributed by atoms with Crippen molar-refractivity contribution in [2.45, 2.75) is 9.92 Å². The van der Waals surface area contributed by atoms with Crippen molar-refractivity contribution in [1.82, 2.24) is 4.98 Å². The molecule has 3 aromatic rings. The van der Waals surface area contributed by atoms with E-state index in [-0.39, 0.29) is 5.75 Å². The number of carbonyl (C=O) groups excluding carboxylic acids is 1. The summed E-state index contributed by atoms with van der Waals surface area (Å²) in [6, 6.07) is 19.6.